The largest absolute Gasteiger partial charge is 0.345 e. The molecule has 0 spiro atoms. The van der Waals surface area contributed by atoms with Gasteiger partial charge in [-0.1, -0.05) is 6.92 Å². The first kappa shape index (κ1) is 9.34. The molecule has 0 aromatic rings. The van der Waals surface area contributed by atoms with E-state index in [1.165, 1.54) is 6.42 Å². The van der Waals surface area contributed by atoms with Crippen LogP contribution in [0.5, 0.6) is 0 Å². The summed E-state index contributed by atoms with van der Waals surface area (Å²) >= 11 is 0. The third-order valence-corrected chi connectivity index (χ3v) is 3.06. The molecule has 2 heterocycles. The third kappa shape index (κ3) is 1.83. The molecule has 2 aliphatic heterocycles. The maximum Gasteiger partial charge on any atom is 0.345 e. The van der Waals surface area contributed by atoms with Crippen molar-refractivity contribution in [2.75, 3.05) is 6.61 Å². The first-order valence-electron chi connectivity index (χ1n) is 4.77. The van der Waals surface area contributed by atoms with Crippen molar-refractivity contribution in [3.63, 3.8) is 0 Å². The number of halogens is 2. The van der Waals surface area contributed by atoms with Gasteiger partial charge in [0.25, 0.3) is 0 Å². The molecule has 2 saturated heterocycles. The number of fused-ring (bicyclic) bond motifs is 2. The lowest BCUT2D eigenvalue weighted by Gasteiger charge is -2.55. The van der Waals surface area contributed by atoms with E-state index in [1.807, 2.05) is 0 Å². The lowest BCUT2D eigenvalue weighted by molar-refractivity contribution is -0.163. The predicted molar refractivity (Wildman–Crippen MR) is 44.6 cm³/mol. The van der Waals surface area contributed by atoms with Gasteiger partial charge < -0.3 is 10.1 Å². The van der Waals surface area contributed by atoms with E-state index < -0.39 is 6.61 Å². The Morgan fingerprint density at radius 2 is 2.23 bits per heavy atom. The van der Waals surface area contributed by atoms with Gasteiger partial charge in [-0.3, -0.25) is 0 Å². The van der Waals surface area contributed by atoms with E-state index >= 15 is 0 Å². The minimum absolute atomic E-state index is 0.126. The predicted octanol–water partition coefficient (Wildman–Crippen LogP) is 1.76. The molecule has 2 bridgehead atoms. The Balaban J connectivity index is 1.84. The number of hydrogen-bond donors (Lipinski definition) is 1. The van der Waals surface area contributed by atoms with Crippen LogP contribution in [0.1, 0.15) is 26.2 Å². The van der Waals surface area contributed by atoms with Gasteiger partial charge in [-0.25, -0.2) is 0 Å². The molecule has 3 aliphatic rings. The first-order valence-corrected chi connectivity index (χ1v) is 4.77. The maximum atomic E-state index is 11.8. The molecule has 1 saturated carbocycles. The second-order valence-electron chi connectivity index (χ2n) is 4.44. The summed E-state index contributed by atoms with van der Waals surface area (Å²) in [6.45, 7) is -0.303. The summed E-state index contributed by atoms with van der Waals surface area (Å²) in [6, 6.07) is 0.546. The summed E-state index contributed by atoms with van der Waals surface area (Å²) in [5.74, 6) is 0.640. The van der Waals surface area contributed by atoms with Gasteiger partial charge in [0.15, 0.2) is 0 Å². The highest BCUT2D eigenvalue weighted by Gasteiger charge is 2.49. The minimum atomic E-state index is -2.63. The summed E-state index contributed by atoms with van der Waals surface area (Å²) in [7, 11) is 0. The van der Waals surface area contributed by atoms with Crippen molar-refractivity contribution in [2.24, 2.45) is 5.92 Å². The van der Waals surface area contributed by atoms with E-state index in [0.29, 0.717) is 12.0 Å². The summed E-state index contributed by atoms with van der Waals surface area (Å²) < 4.78 is 28.0. The van der Waals surface area contributed by atoms with Crippen molar-refractivity contribution in [3.05, 3.63) is 0 Å². The monoisotopic (exact) mass is 191 g/mol. The summed E-state index contributed by atoms with van der Waals surface area (Å²) in [6.07, 6.45) is 3.15. The van der Waals surface area contributed by atoms with E-state index in [2.05, 4.69) is 17.0 Å². The summed E-state index contributed by atoms with van der Waals surface area (Å²) in [4.78, 5) is 0. The zero-order valence-corrected chi connectivity index (χ0v) is 7.72. The number of nitrogens with one attached hydrogen (secondary N) is 1. The third-order valence-electron chi connectivity index (χ3n) is 3.06. The van der Waals surface area contributed by atoms with E-state index in [1.54, 1.807) is 0 Å². The van der Waals surface area contributed by atoms with Gasteiger partial charge in [-0.05, 0) is 25.2 Å². The molecule has 13 heavy (non-hydrogen) atoms. The second kappa shape index (κ2) is 3.17. The number of piperidine rings is 1. The highest BCUT2D eigenvalue weighted by atomic mass is 19.3. The van der Waals surface area contributed by atoms with Gasteiger partial charge in [-0.2, -0.15) is 8.78 Å². The molecule has 0 aromatic carbocycles. The van der Waals surface area contributed by atoms with Gasteiger partial charge in [0.05, 0.1) is 6.61 Å². The van der Waals surface area contributed by atoms with Crippen LogP contribution >= 0.6 is 0 Å². The van der Waals surface area contributed by atoms with Crippen LogP contribution in [-0.4, -0.2) is 24.8 Å². The van der Waals surface area contributed by atoms with E-state index in [9.17, 15) is 8.78 Å². The topological polar surface area (TPSA) is 21.3 Å². The Labute approximate surface area is 76.6 Å². The summed E-state index contributed by atoms with van der Waals surface area (Å²) in [5.41, 5.74) is -0.126. The first-order chi connectivity index (χ1) is 6.10. The van der Waals surface area contributed by atoms with Crippen molar-refractivity contribution < 1.29 is 13.5 Å². The molecule has 1 N–H and O–H groups in total. The van der Waals surface area contributed by atoms with Gasteiger partial charge >= 0.3 is 6.61 Å². The fourth-order valence-corrected chi connectivity index (χ4v) is 2.79. The second-order valence-corrected chi connectivity index (χ2v) is 4.44. The molecular weight excluding hydrogens is 176 g/mol. The molecule has 0 amide bonds. The van der Waals surface area contributed by atoms with Crippen LogP contribution in [-0.2, 0) is 4.74 Å². The molecule has 2 nitrogen and oxygen atoms in total. The van der Waals surface area contributed by atoms with Crippen LogP contribution in [0.3, 0.4) is 0 Å². The van der Waals surface area contributed by atoms with E-state index in [0.717, 1.165) is 12.8 Å². The van der Waals surface area contributed by atoms with Crippen LogP contribution in [0.4, 0.5) is 8.78 Å². The Kier molecular flexibility index (Phi) is 2.28. The number of rotatable bonds is 3. The maximum absolute atomic E-state index is 11.8. The fraction of sp³-hybridized carbons (Fsp3) is 1.00. The van der Waals surface area contributed by atoms with E-state index in [4.69, 9.17) is 0 Å². The van der Waals surface area contributed by atoms with Crippen LogP contribution in [0, 0.1) is 5.92 Å². The molecule has 1 unspecified atom stereocenters. The van der Waals surface area contributed by atoms with E-state index in [-0.39, 0.29) is 12.1 Å². The normalized spacial score (nSPS) is 43.4. The minimum Gasteiger partial charge on any atom is -0.321 e. The lowest BCUT2D eigenvalue weighted by Crippen LogP contribution is -2.70. The molecule has 3 atom stereocenters. The quantitative estimate of drug-likeness (QED) is 0.733. The molecule has 3 rings (SSSR count). The van der Waals surface area contributed by atoms with Gasteiger partial charge in [-0.15, -0.1) is 0 Å². The molecule has 3 fully saturated rings. The average molecular weight is 191 g/mol. The average Bonchev–Trinajstić information content (AvgIpc) is 1.98. The molecule has 1 aliphatic carbocycles. The lowest BCUT2D eigenvalue weighted by atomic mass is 9.67. The fourth-order valence-electron chi connectivity index (χ4n) is 2.79. The standard InChI is InChI=1S/C9H15F2NO/c1-6-2-7-4-9(3-6,12-7)5-13-8(10)11/h6-8,12H,2-5H2,1H3/t6-,7?,9+/m1/s1. The zero-order chi connectivity index (χ0) is 9.47. The van der Waals surface area contributed by atoms with Crippen molar-refractivity contribution in [2.45, 2.75) is 44.4 Å². The Morgan fingerprint density at radius 1 is 1.54 bits per heavy atom. The van der Waals surface area contributed by atoms with Crippen molar-refractivity contribution in [1.82, 2.24) is 5.32 Å². The van der Waals surface area contributed by atoms with Gasteiger partial charge in [0.1, 0.15) is 0 Å². The SMILES string of the molecule is C[C@@H]1CC2C[C@](COC(F)F)(C1)N2. The number of hydrogen-bond acceptors (Lipinski definition) is 2. The van der Waals surface area contributed by atoms with Crippen LogP contribution in [0.25, 0.3) is 0 Å². The van der Waals surface area contributed by atoms with Crippen LogP contribution in [0.15, 0.2) is 0 Å². The smallest absolute Gasteiger partial charge is 0.321 e. The molecular formula is C9H15F2NO. The molecule has 0 aromatic heterocycles. The Hall–Kier alpha value is -0.220. The molecule has 76 valence electrons. The molecule has 4 heteroatoms. The highest BCUT2D eigenvalue weighted by Crippen LogP contribution is 2.41. The van der Waals surface area contributed by atoms with Crippen molar-refractivity contribution >= 4 is 0 Å². The van der Waals surface area contributed by atoms with Gasteiger partial charge in [0, 0.05) is 11.6 Å². The Morgan fingerprint density at radius 3 is 2.77 bits per heavy atom. The van der Waals surface area contributed by atoms with Crippen LogP contribution < -0.4 is 5.32 Å². The van der Waals surface area contributed by atoms with Crippen molar-refractivity contribution in [3.8, 4) is 0 Å². The number of ether oxygens (including phenoxy) is 1. The zero-order valence-electron chi connectivity index (χ0n) is 7.72. The number of alkyl halides is 2. The summed E-state index contributed by atoms with van der Waals surface area (Å²) in [5, 5.41) is 3.32. The van der Waals surface area contributed by atoms with Gasteiger partial charge in [0.2, 0.25) is 0 Å². The molecule has 0 radical (unpaired) electrons. The highest BCUT2D eigenvalue weighted by molar-refractivity contribution is 5.08. The van der Waals surface area contributed by atoms with Crippen molar-refractivity contribution in [1.29, 1.82) is 0 Å². The van der Waals surface area contributed by atoms with Crippen LogP contribution in [0.2, 0.25) is 0 Å². The Bertz CT molecular complexity index is 192.